The third-order valence-corrected chi connectivity index (χ3v) is 4.83. The third kappa shape index (κ3) is 1.82. The molecule has 2 atom stereocenters. The van der Waals surface area contributed by atoms with Crippen LogP contribution in [0.2, 0.25) is 0 Å². The molecular weight excluding hydrogens is 198 g/mol. The molecule has 0 aromatic heterocycles. The zero-order chi connectivity index (χ0) is 11.6. The summed E-state index contributed by atoms with van der Waals surface area (Å²) in [4.78, 5) is 0. The summed E-state index contributed by atoms with van der Waals surface area (Å²) in [6, 6.07) is 1.35. The summed E-state index contributed by atoms with van der Waals surface area (Å²) in [5.74, 6) is 0. The van der Waals surface area contributed by atoms with Crippen LogP contribution in [0.5, 0.6) is 0 Å². The summed E-state index contributed by atoms with van der Waals surface area (Å²) >= 11 is 0. The molecule has 0 heterocycles. The predicted molar refractivity (Wildman–Crippen MR) is 67.5 cm³/mol. The van der Waals surface area contributed by atoms with E-state index in [1.54, 1.807) is 0 Å². The number of rotatable bonds is 5. The van der Waals surface area contributed by atoms with Crippen LogP contribution >= 0.6 is 0 Å². The minimum Gasteiger partial charge on any atom is -0.381 e. The lowest BCUT2D eigenvalue weighted by molar-refractivity contribution is -0.126. The maximum absolute atomic E-state index is 5.62. The SMILES string of the molecule is CCC1(CC)C(NC2CC=CC2)CC1OC. The summed E-state index contributed by atoms with van der Waals surface area (Å²) < 4.78 is 5.62. The number of hydrogen-bond donors (Lipinski definition) is 1. The van der Waals surface area contributed by atoms with Crippen LogP contribution in [0.4, 0.5) is 0 Å². The van der Waals surface area contributed by atoms with Gasteiger partial charge in [0.25, 0.3) is 0 Å². The van der Waals surface area contributed by atoms with Gasteiger partial charge in [-0.2, -0.15) is 0 Å². The average Bonchev–Trinajstić information content (AvgIpc) is 2.78. The van der Waals surface area contributed by atoms with Gasteiger partial charge in [0, 0.05) is 24.6 Å². The maximum atomic E-state index is 5.62. The Balaban J connectivity index is 1.94. The summed E-state index contributed by atoms with van der Waals surface area (Å²) in [6.45, 7) is 4.60. The van der Waals surface area contributed by atoms with E-state index in [0.29, 0.717) is 23.6 Å². The predicted octanol–water partition coefficient (Wildman–Crippen LogP) is 2.89. The van der Waals surface area contributed by atoms with Crippen molar-refractivity contribution in [2.45, 2.75) is 64.1 Å². The Labute approximate surface area is 99.4 Å². The van der Waals surface area contributed by atoms with Gasteiger partial charge in [-0.05, 0) is 32.1 Å². The van der Waals surface area contributed by atoms with Crippen molar-refractivity contribution in [2.24, 2.45) is 5.41 Å². The Hall–Kier alpha value is -0.340. The van der Waals surface area contributed by atoms with Gasteiger partial charge in [-0.1, -0.05) is 26.0 Å². The lowest BCUT2D eigenvalue weighted by atomic mass is 9.58. The van der Waals surface area contributed by atoms with Crippen LogP contribution in [0.15, 0.2) is 12.2 Å². The molecule has 2 aliphatic carbocycles. The van der Waals surface area contributed by atoms with Crippen molar-refractivity contribution < 1.29 is 4.74 Å². The highest BCUT2D eigenvalue weighted by atomic mass is 16.5. The van der Waals surface area contributed by atoms with E-state index in [0.717, 1.165) is 0 Å². The second-order valence-electron chi connectivity index (χ2n) is 5.26. The summed E-state index contributed by atoms with van der Waals surface area (Å²) in [5, 5.41) is 3.83. The molecule has 0 aromatic rings. The Kier molecular flexibility index (Phi) is 3.70. The smallest absolute Gasteiger partial charge is 0.0657 e. The zero-order valence-corrected chi connectivity index (χ0v) is 10.8. The van der Waals surface area contributed by atoms with Gasteiger partial charge in [0.2, 0.25) is 0 Å². The number of nitrogens with one attached hydrogen (secondary N) is 1. The first-order valence-electron chi connectivity index (χ1n) is 6.70. The molecule has 16 heavy (non-hydrogen) atoms. The molecule has 1 N–H and O–H groups in total. The van der Waals surface area contributed by atoms with Gasteiger partial charge in [0.15, 0.2) is 0 Å². The minimum absolute atomic E-state index is 0.386. The normalized spacial score (nSPS) is 32.9. The molecule has 0 saturated heterocycles. The van der Waals surface area contributed by atoms with Crippen molar-refractivity contribution in [2.75, 3.05) is 7.11 Å². The van der Waals surface area contributed by atoms with Gasteiger partial charge in [-0.15, -0.1) is 0 Å². The summed E-state index contributed by atoms with van der Waals surface area (Å²) in [6.07, 6.45) is 11.1. The second-order valence-corrected chi connectivity index (χ2v) is 5.26. The average molecular weight is 223 g/mol. The molecule has 0 aliphatic heterocycles. The summed E-state index contributed by atoms with van der Waals surface area (Å²) in [7, 11) is 1.86. The van der Waals surface area contributed by atoms with Crippen LogP contribution in [-0.4, -0.2) is 25.3 Å². The Morgan fingerprint density at radius 2 is 1.88 bits per heavy atom. The first-order chi connectivity index (χ1) is 7.76. The van der Waals surface area contributed by atoms with E-state index in [4.69, 9.17) is 4.74 Å². The lowest BCUT2D eigenvalue weighted by Gasteiger charge is -2.56. The standard InChI is InChI=1S/C14H25NO/c1-4-14(5-2)12(10-13(14)16-3)15-11-8-6-7-9-11/h6-7,11-13,15H,4-5,8-10H2,1-3H3. The number of ether oxygens (including phenoxy) is 1. The quantitative estimate of drug-likeness (QED) is 0.724. The first kappa shape index (κ1) is 12.1. The fraction of sp³-hybridized carbons (Fsp3) is 0.857. The highest BCUT2D eigenvalue weighted by Gasteiger charge is 2.53. The van der Waals surface area contributed by atoms with Crippen LogP contribution in [-0.2, 0) is 4.74 Å². The number of hydrogen-bond acceptors (Lipinski definition) is 2. The second kappa shape index (κ2) is 4.89. The van der Waals surface area contributed by atoms with Crippen molar-refractivity contribution in [3.05, 3.63) is 12.2 Å². The Bertz CT molecular complexity index is 249. The third-order valence-electron chi connectivity index (χ3n) is 4.83. The molecule has 0 radical (unpaired) electrons. The van der Waals surface area contributed by atoms with E-state index in [1.165, 1.54) is 32.1 Å². The summed E-state index contributed by atoms with van der Waals surface area (Å²) in [5.41, 5.74) is 0.386. The van der Waals surface area contributed by atoms with E-state index in [1.807, 2.05) is 7.11 Å². The van der Waals surface area contributed by atoms with Crippen LogP contribution in [0.25, 0.3) is 0 Å². The van der Waals surface area contributed by atoms with E-state index in [9.17, 15) is 0 Å². The molecule has 2 unspecified atom stereocenters. The maximum Gasteiger partial charge on any atom is 0.0657 e. The van der Waals surface area contributed by atoms with Gasteiger partial charge in [-0.25, -0.2) is 0 Å². The van der Waals surface area contributed by atoms with E-state index in [2.05, 4.69) is 31.3 Å². The van der Waals surface area contributed by atoms with Gasteiger partial charge in [-0.3, -0.25) is 0 Å². The molecule has 92 valence electrons. The van der Waals surface area contributed by atoms with Crippen LogP contribution in [0.3, 0.4) is 0 Å². The van der Waals surface area contributed by atoms with Crippen molar-refractivity contribution in [3.8, 4) is 0 Å². The van der Waals surface area contributed by atoms with Crippen molar-refractivity contribution >= 4 is 0 Å². The van der Waals surface area contributed by atoms with Gasteiger partial charge >= 0.3 is 0 Å². The van der Waals surface area contributed by atoms with Crippen LogP contribution in [0, 0.1) is 5.41 Å². The number of methoxy groups -OCH3 is 1. The molecule has 0 bridgehead atoms. The molecule has 2 nitrogen and oxygen atoms in total. The molecule has 2 aliphatic rings. The van der Waals surface area contributed by atoms with E-state index in [-0.39, 0.29) is 0 Å². The highest BCUT2D eigenvalue weighted by molar-refractivity contribution is 5.09. The molecule has 0 amide bonds. The largest absolute Gasteiger partial charge is 0.381 e. The molecule has 2 rings (SSSR count). The highest BCUT2D eigenvalue weighted by Crippen LogP contribution is 2.49. The molecule has 0 spiro atoms. The molecule has 1 fully saturated rings. The fourth-order valence-corrected chi connectivity index (χ4v) is 3.55. The Morgan fingerprint density at radius 1 is 1.25 bits per heavy atom. The van der Waals surface area contributed by atoms with Crippen molar-refractivity contribution in [1.82, 2.24) is 5.32 Å². The van der Waals surface area contributed by atoms with Crippen molar-refractivity contribution in [3.63, 3.8) is 0 Å². The topological polar surface area (TPSA) is 21.3 Å². The Morgan fingerprint density at radius 3 is 2.38 bits per heavy atom. The zero-order valence-electron chi connectivity index (χ0n) is 10.8. The minimum atomic E-state index is 0.386. The van der Waals surface area contributed by atoms with E-state index < -0.39 is 0 Å². The molecule has 1 saturated carbocycles. The van der Waals surface area contributed by atoms with Crippen LogP contribution < -0.4 is 5.32 Å². The van der Waals surface area contributed by atoms with E-state index >= 15 is 0 Å². The van der Waals surface area contributed by atoms with Crippen molar-refractivity contribution in [1.29, 1.82) is 0 Å². The lowest BCUT2D eigenvalue weighted by Crippen LogP contribution is -2.64. The van der Waals surface area contributed by atoms with Crippen LogP contribution in [0.1, 0.15) is 46.0 Å². The monoisotopic (exact) mass is 223 g/mol. The fourth-order valence-electron chi connectivity index (χ4n) is 3.55. The molecule has 0 aromatic carbocycles. The molecular formula is C14H25NO. The molecule has 2 heteroatoms. The van der Waals surface area contributed by atoms with Gasteiger partial charge in [0.05, 0.1) is 6.10 Å². The van der Waals surface area contributed by atoms with Gasteiger partial charge < -0.3 is 10.1 Å². The van der Waals surface area contributed by atoms with Gasteiger partial charge in [0.1, 0.15) is 0 Å². The first-order valence-corrected chi connectivity index (χ1v) is 6.70.